The number of nitriles is 1. The second kappa shape index (κ2) is 6.06. The highest BCUT2D eigenvalue weighted by Crippen LogP contribution is 2.33. The van der Waals surface area contributed by atoms with Gasteiger partial charge in [0.25, 0.3) is 5.56 Å². The Bertz CT molecular complexity index is 1210. The van der Waals surface area contributed by atoms with Gasteiger partial charge in [-0.25, -0.2) is 9.36 Å². The zero-order valence-electron chi connectivity index (χ0n) is 14.5. The summed E-state index contributed by atoms with van der Waals surface area (Å²) in [4.78, 5) is 24.7. The summed E-state index contributed by atoms with van der Waals surface area (Å²) in [5.41, 5.74) is -3.85. The fourth-order valence-corrected chi connectivity index (χ4v) is 3.60. The molecule has 27 heavy (non-hydrogen) atoms. The van der Waals surface area contributed by atoms with Gasteiger partial charge in [-0.3, -0.25) is 9.36 Å². The van der Waals surface area contributed by atoms with Crippen LogP contribution in [0, 0.1) is 11.3 Å². The van der Waals surface area contributed by atoms with Gasteiger partial charge in [0.2, 0.25) is 0 Å². The molecule has 0 N–H and O–H groups in total. The minimum Gasteiger partial charge on any atom is -0.292 e. The van der Waals surface area contributed by atoms with Gasteiger partial charge in [-0.05, 0) is 43.6 Å². The highest BCUT2D eigenvalue weighted by atomic mass is 32.1. The molecule has 0 amide bonds. The number of aromatic nitrogens is 3. The maximum Gasteiger partial charge on any atom is 0.431 e. The first-order valence-electron chi connectivity index (χ1n) is 7.69. The molecule has 0 spiro atoms. The first-order chi connectivity index (χ1) is 12.5. The van der Waals surface area contributed by atoms with Crippen molar-refractivity contribution in [2.75, 3.05) is 0 Å². The van der Waals surface area contributed by atoms with Gasteiger partial charge in [0.05, 0.1) is 27.6 Å². The van der Waals surface area contributed by atoms with Crippen molar-refractivity contribution in [1.29, 1.82) is 5.26 Å². The van der Waals surface area contributed by atoms with E-state index in [-0.39, 0.29) is 5.69 Å². The van der Waals surface area contributed by atoms with Crippen LogP contribution in [-0.4, -0.2) is 13.5 Å². The minimum atomic E-state index is -4.82. The molecular formula is C17H13F3N4O2S. The van der Waals surface area contributed by atoms with Gasteiger partial charge in [0.1, 0.15) is 5.69 Å². The summed E-state index contributed by atoms with van der Waals surface area (Å²) in [6.07, 6.45) is -4.82. The zero-order valence-corrected chi connectivity index (χ0v) is 15.3. The van der Waals surface area contributed by atoms with Gasteiger partial charge >= 0.3 is 11.9 Å². The van der Waals surface area contributed by atoms with E-state index in [0.29, 0.717) is 26.3 Å². The highest BCUT2D eigenvalue weighted by molar-refractivity contribution is 7.13. The molecule has 0 aliphatic carbocycles. The van der Waals surface area contributed by atoms with Gasteiger partial charge < -0.3 is 0 Å². The van der Waals surface area contributed by atoms with E-state index < -0.39 is 28.5 Å². The minimum absolute atomic E-state index is 0.108. The van der Waals surface area contributed by atoms with Crippen LogP contribution in [-0.2, 0) is 18.6 Å². The van der Waals surface area contributed by atoms with Crippen LogP contribution in [0.2, 0.25) is 0 Å². The van der Waals surface area contributed by atoms with E-state index in [2.05, 4.69) is 10.4 Å². The zero-order chi connectivity index (χ0) is 20.1. The monoisotopic (exact) mass is 394 g/mol. The van der Waals surface area contributed by atoms with Crippen molar-refractivity contribution in [2.24, 2.45) is 7.05 Å². The molecule has 0 bridgehead atoms. The molecule has 2 heterocycles. The summed E-state index contributed by atoms with van der Waals surface area (Å²) >= 11 is 1.16. The van der Waals surface area contributed by atoms with Crippen molar-refractivity contribution in [1.82, 2.24) is 13.5 Å². The Kier molecular flexibility index (Phi) is 4.23. The molecule has 0 radical (unpaired) electrons. The fraction of sp³-hybridized carbons (Fsp3) is 0.294. The normalized spacial score (nSPS) is 12.3. The Hall–Kier alpha value is -2.93. The first-order valence-corrected chi connectivity index (χ1v) is 8.46. The molecule has 1 aromatic carbocycles. The molecule has 0 saturated heterocycles. The van der Waals surface area contributed by atoms with Gasteiger partial charge in [0, 0.05) is 18.5 Å². The summed E-state index contributed by atoms with van der Waals surface area (Å²) < 4.78 is 45.0. The number of alkyl halides is 3. The number of nitrogens with zero attached hydrogens (tertiary/aromatic N) is 4. The van der Waals surface area contributed by atoms with Crippen LogP contribution in [0.3, 0.4) is 0 Å². The lowest BCUT2D eigenvalue weighted by atomic mass is 9.89. The summed E-state index contributed by atoms with van der Waals surface area (Å²) in [5.74, 6) is 0. The number of halogens is 3. The molecular weight excluding hydrogens is 381 g/mol. The molecule has 0 atom stereocenters. The predicted octanol–water partition coefficient (Wildman–Crippen LogP) is 2.97. The van der Waals surface area contributed by atoms with Crippen LogP contribution < -0.4 is 11.2 Å². The predicted molar refractivity (Wildman–Crippen MR) is 94.1 cm³/mol. The number of benzene rings is 1. The van der Waals surface area contributed by atoms with Crippen LogP contribution >= 0.6 is 11.5 Å². The molecule has 3 aromatic rings. The van der Waals surface area contributed by atoms with Crippen molar-refractivity contribution < 1.29 is 13.2 Å². The van der Waals surface area contributed by atoms with E-state index in [1.54, 1.807) is 19.9 Å². The summed E-state index contributed by atoms with van der Waals surface area (Å²) in [7, 11) is 0.954. The van der Waals surface area contributed by atoms with E-state index in [4.69, 9.17) is 0 Å². The molecule has 10 heteroatoms. The van der Waals surface area contributed by atoms with Crippen molar-refractivity contribution in [3.05, 3.63) is 56.5 Å². The van der Waals surface area contributed by atoms with Crippen LogP contribution in [0.5, 0.6) is 0 Å². The lowest BCUT2D eigenvalue weighted by Crippen LogP contribution is -2.40. The SMILES string of the molecule is Cn1c(C(F)(F)F)cc(=O)n(-c2ccc3snc(C(C)(C)C#N)c3c2)c1=O. The van der Waals surface area contributed by atoms with E-state index in [1.165, 1.54) is 12.1 Å². The second-order valence-electron chi connectivity index (χ2n) is 6.49. The first kappa shape index (κ1) is 18.8. The second-order valence-corrected chi connectivity index (χ2v) is 7.30. The summed E-state index contributed by atoms with van der Waals surface area (Å²) in [6, 6.07) is 7.08. The molecule has 0 saturated carbocycles. The maximum absolute atomic E-state index is 13.0. The summed E-state index contributed by atoms with van der Waals surface area (Å²) in [5, 5.41) is 9.91. The number of hydrogen-bond acceptors (Lipinski definition) is 5. The van der Waals surface area contributed by atoms with Crippen LogP contribution in [0.15, 0.2) is 33.9 Å². The van der Waals surface area contributed by atoms with Crippen molar-refractivity contribution in [2.45, 2.75) is 25.4 Å². The van der Waals surface area contributed by atoms with Crippen molar-refractivity contribution in [3.63, 3.8) is 0 Å². The molecule has 0 unspecified atom stereocenters. The number of hydrogen-bond donors (Lipinski definition) is 0. The van der Waals surface area contributed by atoms with Gasteiger partial charge in [-0.1, -0.05) is 0 Å². The number of rotatable bonds is 2. The standard InChI is InChI=1S/C17H13F3N4O2S/c1-16(2,8-21)14-10-6-9(4-5-11(10)27-22-14)24-13(25)7-12(17(18,19)20)23(3)15(24)26/h4-7H,1-3H3. The van der Waals surface area contributed by atoms with E-state index in [9.17, 15) is 28.0 Å². The molecule has 140 valence electrons. The average Bonchev–Trinajstić information content (AvgIpc) is 3.01. The largest absolute Gasteiger partial charge is 0.431 e. The summed E-state index contributed by atoms with van der Waals surface area (Å²) in [6.45, 7) is 3.36. The molecule has 3 rings (SSSR count). The van der Waals surface area contributed by atoms with Crippen LogP contribution in [0.25, 0.3) is 15.8 Å². The van der Waals surface area contributed by atoms with Gasteiger partial charge in [-0.15, -0.1) is 0 Å². The van der Waals surface area contributed by atoms with Gasteiger partial charge in [0.15, 0.2) is 0 Å². The van der Waals surface area contributed by atoms with Crippen molar-refractivity contribution in [3.8, 4) is 11.8 Å². The third-order valence-corrected chi connectivity index (χ3v) is 5.02. The Labute approximate surface area is 154 Å². The Morgan fingerprint density at radius 2 is 1.85 bits per heavy atom. The van der Waals surface area contributed by atoms with Crippen LogP contribution in [0.1, 0.15) is 25.2 Å². The molecule has 0 aliphatic rings. The molecule has 0 fully saturated rings. The Balaban J connectivity index is 2.30. The third-order valence-electron chi connectivity index (χ3n) is 4.19. The number of fused-ring (bicyclic) bond motifs is 1. The van der Waals surface area contributed by atoms with E-state index in [1.807, 2.05) is 0 Å². The molecule has 6 nitrogen and oxygen atoms in total. The molecule has 0 aliphatic heterocycles. The topological polar surface area (TPSA) is 80.7 Å². The van der Waals surface area contributed by atoms with E-state index in [0.717, 1.165) is 23.3 Å². The van der Waals surface area contributed by atoms with Crippen molar-refractivity contribution >= 4 is 21.6 Å². The highest BCUT2D eigenvalue weighted by Gasteiger charge is 2.35. The Morgan fingerprint density at radius 1 is 1.19 bits per heavy atom. The lowest BCUT2D eigenvalue weighted by Gasteiger charge is -2.15. The van der Waals surface area contributed by atoms with Gasteiger partial charge in [-0.2, -0.15) is 22.8 Å². The molecule has 2 aromatic heterocycles. The Morgan fingerprint density at radius 3 is 2.44 bits per heavy atom. The fourth-order valence-electron chi connectivity index (χ4n) is 2.70. The maximum atomic E-state index is 13.0. The third kappa shape index (κ3) is 3.04. The van der Waals surface area contributed by atoms with Crippen LogP contribution in [0.4, 0.5) is 13.2 Å². The van der Waals surface area contributed by atoms with E-state index >= 15 is 0 Å². The quantitative estimate of drug-likeness (QED) is 0.669. The lowest BCUT2D eigenvalue weighted by molar-refractivity contribution is -0.144. The average molecular weight is 394 g/mol. The smallest absolute Gasteiger partial charge is 0.292 e.